The fourth-order valence-electron chi connectivity index (χ4n) is 2.71. The summed E-state index contributed by atoms with van der Waals surface area (Å²) in [7, 11) is -2.39. The second kappa shape index (κ2) is 7.89. The van der Waals surface area contributed by atoms with Gasteiger partial charge in [0.1, 0.15) is 11.9 Å². The van der Waals surface area contributed by atoms with Crippen LogP contribution >= 0.6 is 0 Å². The van der Waals surface area contributed by atoms with Crippen LogP contribution in [0.2, 0.25) is 0 Å². The van der Waals surface area contributed by atoms with Crippen LogP contribution in [0.25, 0.3) is 0 Å². The van der Waals surface area contributed by atoms with Crippen LogP contribution in [-0.2, 0) is 14.8 Å². The van der Waals surface area contributed by atoms with Gasteiger partial charge in [0, 0.05) is 24.5 Å². The number of rotatable bonds is 5. The molecule has 1 fully saturated rings. The summed E-state index contributed by atoms with van der Waals surface area (Å²) in [4.78, 5) is 19.5. The number of aromatic nitrogens is 2. The van der Waals surface area contributed by atoms with E-state index in [9.17, 15) is 13.2 Å². The van der Waals surface area contributed by atoms with Gasteiger partial charge >= 0.3 is 6.09 Å². The van der Waals surface area contributed by atoms with Crippen molar-refractivity contribution in [1.82, 2.24) is 14.3 Å². The Kier molecular flexibility index (Phi) is 5.57. The quantitative estimate of drug-likeness (QED) is 0.826. The summed E-state index contributed by atoms with van der Waals surface area (Å²) in [5, 5.41) is 2.48. The molecule has 1 aromatic carbocycles. The molecule has 2 heterocycles. The smallest absolute Gasteiger partial charge is 0.411 e. The molecule has 0 saturated carbocycles. The highest BCUT2D eigenvalue weighted by Gasteiger charge is 2.33. The Labute approximate surface area is 157 Å². The molecule has 0 radical (unpaired) electrons. The van der Waals surface area contributed by atoms with Crippen molar-refractivity contribution >= 4 is 21.8 Å². The molecule has 1 N–H and O–H groups in total. The fourth-order valence-corrected chi connectivity index (χ4v) is 4.20. The third-order valence-electron chi connectivity index (χ3n) is 4.07. The number of aryl methyl sites for hydroxylation is 1. The van der Waals surface area contributed by atoms with Crippen LogP contribution in [0.5, 0.6) is 5.88 Å². The molecule has 1 atom stereocenters. The second-order valence-electron chi connectivity index (χ2n) is 5.97. The van der Waals surface area contributed by atoms with Crippen molar-refractivity contribution in [2.24, 2.45) is 0 Å². The lowest BCUT2D eigenvalue weighted by Gasteiger charge is -2.17. The number of benzene rings is 1. The second-order valence-corrected chi connectivity index (χ2v) is 7.91. The maximum absolute atomic E-state index is 12.8. The van der Waals surface area contributed by atoms with E-state index in [1.165, 1.54) is 35.7 Å². The maximum atomic E-state index is 12.8. The van der Waals surface area contributed by atoms with E-state index in [4.69, 9.17) is 4.74 Å². The first kappa shape index (κ1) is 19.1. The number of hydrogen-bond donors (Lipinski definition) is 1. The molecule has 10 heteroatoms. The molecule has 27 heavy (non-hydrogen) atoms. The zero-order valence-corrected chi connectivity index (χ0v) is 15.8. The molecule has 144 valence electrons. The summed E-state index contributed by atoms with van der Waals surface area (Å²) >= 11 is 0. The summed E-state index contributed by atoms with van der Waals surface area (Å²) in [6, 6.07) is 7.57. The topological polar surface area (TPSA) is 111 Å². The zero-order chi connectivity index (χ0) is 19.4. The predicted octanol–water partition coefficient (Wildman–Crippen LogP) is 1.81. The van der Waals surface area contributed by atoms with Gasteiger partial charge in [-0.15, -0.1) is 0 Å². The lowest BCUT2D eigenvalue weighted by atomic mass is 10.3. The normalized spacial score (nSPS) is 17.5. The van der Waals surface area contributed by atoms with Crippen LogP contribution in [0.1, 0.15) is 12.2 Å². The van der Waals surface area contributed by atoms with E-state index >= 15 is 0 Å². The largest absolute Gasteiger partial charge is 0.473 e. The number of hydrogen-bond acceptors (Lipinski definition) is 7. The molecule has 3 rings (SSSR count). The van der Waals surface area contributed by atoms with Crippen molar-refractivity contribution in [3.05, 3.63) is 42.4 Å². The number of amides is 1. The third kappa shape index (κ3) is 4.52. The van der Waals surface area contributed by atoms with Gasteiger partial charge in [0.25, 0.3) is 0 Å². The maximum Gasteiger partial charge on any atom is 0.411 e. The average Bonchev–Trinajstić information content (AvgIpc) is 3.11. The average molecular weight is 392 g/mol. The van der Waals surface area contributed by atoms with E-state index in [1.54, 1.807) is 19.2 Å². The minimum absolute atomic E-state index is 0.149. The van der Waals surface area contributed by atoms with Crippen LogP contribution in [-0.4, -0.2) is 55.1 Å². The molecule has 0 aliphatic carbocycles. The number of anilines is 1. The van der Waals surface area contributed by atoms with Crippen molar-refractivity contribution in [2.75, 3.05) is 25.5 Å². The Morgan fingerprint density at radius 1 is 1.26 bits per heavy atom. The Bertz CT molecular complexity index is 917. The minimum atomic E-state index is -3.65. The number of carbonyl (C=O) groups is 1. The molecule has 0 bridgehead atoms. The fraction of sp³-hybridized carbons (Fsp3) is 0.353. The number of nitrogens with zero attached hydrogens (tertiary/aromatic N) is 3. The number of carbonyl (C=O) groups excluding carboxylic acids is 1. The van der Waals surface area contributed by atoms with Gasteiger partial charge in [0.05, 0.1) is 18.6 Å². The number of sulfonamides is 1. The van der Waals surface area contributed by atoms with Crippen molar-refractivity contribution in [2.45, 2.75) is 24.3 Å². The van der Waals surface area contributed by atoms with Gasteiger partial charge in [-0.3, -0.25) is 5.32 Å². The molecule has 1 aliphatic rings. The summed E-state index contributed by atoms with van der Waals surface area (Å²) in [5.74, 6) is 1.03. The van der Waals surface area contributed by atoms with Crippen molar-refractivity contribution < 1.29 is 22.7 Å². The van der Waals surface area contributed by atoms with Gasteiger partial charge in [-0.2, -0.15) is 9.29 Å². The van der Waals surface area contributed by atoms with Crippen molar-refractivity contribution in [3.63, 3.8) is 0 Å². The van der Waals surface area contributed by atoms with E-state index in [0.29, 0.717) is 30.4 Å². The Morgan fingerprint density at radius 3 is 2.67 bits per heavy atom. The molecule has 1 aromatic heterocycles. The molecule has 2 aromatic rings. The van der Waals surface area contributed by atoms with Gasteiger partial charge < -0.3 is 9.47 Å². The third-order valence-corrected chi connectivity index (χ3v) is 5.95. The van der Waals surface area contributed by atoms with Crippen molar-refractivity contribution in [3.8, 4) is 5.88 Å². The van der Waals surface area contributed by atoms with E-state index in [0.717, 1.165) is 0 Å². The highest BCUT2D eigenvalue weighted by molar-refractivity contribution is 7.89. The van der Waals surface area contributed by atoms with Crippen LogP contribution in [0.4, 0.5) is 10.5 Å². The molecular formula is C17H20N4O5S. The van der Waals surface area contributed by atoms with Crippen molar-refractivity contribution in [1.29, 1.82) is 0 Å². The van der Waals surface area contributed by atoms with Crippen LogP contribution in [0.3, 0.4) is 0 Å². The lowest BCUT2D eigenvalue weighted by molar-refractivity contribution is 0.187. The van der Waals surface area contributed by atoms with Crippen LogP contribution in [0.15, 0.2) is 41.4 Å². The standard InChI is InChI=1S/C17H20N4O5S/c1-12-18-9-7-16(19-12)26-14-8-10-21(11-14)27(23,24)15-5-3-13(4-6-15)20-17(22)25-2/h3-7,9,14H,8,10-11H2,1-2H3,(H,20,22)/t14-/m0/s1. The van der Waals surface area contributed by atoms with Gasteiger partial charge in [0.15, 0.2) is 0 Å². The van der Waals surface area contributed by atoms with Gasteiger partial charge in [-0.05, 0) is 37.6 Å². The van der Waals surface area contributed by atoms with E-state index in [2.05, 4.69) is 20.0 Å². The monoisotopic (exact) mass is 392 g/mol. The lowest BCUT2D eigenvalue weighted by Crippen LogP contribution is -2.31. The van der Waals surface area contributed by atoms with E-state index < -0.39 is 16.1 Å². The highest BCUT2D eigenvalue weighted by atomic mass is 32.2. The molecule has 0 spiro atoms. The Hall–Kier alpha value is -2.72. The molecule has 1 aliphatic heterocycles. The Balaban J connectivity index is 1.66. The first-order valence-corrected chi connectivity index (χ1v) is 9.74. The molecular weight excluding hydrogens is 372 g/mol. The molecule has 0 unspecified atom stereocenters. The van der Waals surface area contributed by atoms with Gasteiger partial charge in [0.2, 0.25) is 15.9 Å². The zero-order valence-electron chi connectivity index (χ0n) is 15.0. The summed E-state index contributed by atoms with van der Waals surface area (Å²) in [6.45, 7) is 2.36. The Morgan fingerprint density at radius 2 is 2.00 bits per heavy atom. The van der Waals surface area contributed by atoms with E-state index in [1.807, 2.05) is 0 Å². The summed E-state index contributed by atoms with van der Waals surface area (Å²) < 4.78 is 37.3. The minimum Gasteiger partial charge on any atom is -0.473 e. The van der Waals surface area contributed by atoms with Crippen LogP contribution < -0.4 is 10.1 Å². The number of methoxy groups -OCH3 is 1. The number of ether oxygens (including phenoxy) is 2. The molecule has 9 nitrogen and oxygen atoms in total. The van der Waals surface area contributed by atoms with Gasteiger partial charge in [-0.25, -0.2) is 18.2 Å². The highest BCUT2D eigenvalue weighted by Crippen LogP contribution is 2.24. The summed E-state index contributed by atoms with van der Waals surface area (Å²) in [5.41, 5.74) is 0.447. The summed E-state index contributed by atoms with van der Waals surface area (Å²) in [6.07, 6.45) is 1.29. The predicted molar refractivity (Wildman–Crippen MR) is 97.0 cm³/mol. The molecule has 1 amide bonds. The molecule has 1 saturated heterocycles. The van der Waals surface area contributed by atoms with E-state index in [-0.39, 0.29) is 17.5 Å². The van der Waals surface area contributed by atoms with Crippen LogP contribution in [0, 0.1) is 6.92 Å². The first-order valence-electron chi connectivity index (χ1n) is 8.30. The number of nitrogens with one attached hydrogen (secondary N) is 1. The van der Waals surface area contributed by atoms with Gasteiger partial charge in [-0.1, -0.05) is 0 Å². The first-order chi connectivity index (χ1) is 12.9. The SMILES string of the molecule is COC(=O)Nc1ccc(S(=O)(=O)N2CC[C@H](Oc3ccnc(C)n3)C2)cc1.